The summed E-state index contributed by atoms with van der Waals surface area (Å²) in [6.45, 7) is 4.36. The molecule has 1 nitrogen and oxygen atoms in total. The van der Waals surface area contributed by atoms with Gasteiger partial charge in [-0.05, 0) is 50.2 Å². The van der Waals surface area contributed by atoms with E-state index >= 15 is 0 Å². The standard InChI is InChI=1S/C16H23N.H2/c1-12-8-4-7-11-15(14-9-5-6-10-14)16(12)13(2)17-3;/h4,7-8,14H,5-6,9-11H2,1-3H3;1H. The predicted octanol–water partition coefficient (Wildman–Crippen LogP) is 4.72. The molecule has 0 aromatic rings. The van der Waals surface area contributed by atoms with E-state index < -0.39 is 0 Å². The van der Waals surface area contributed by atoms with Gasteiger partial charge in [0, 0.05) is 14.2 Å². The van der Waals surface area contributed by atoms with Crippen molar-refractivity contribution in [2.45, 2.75) is 46.0 Å². The summed E-state index contributed by atoms with van der Waals surface area (Å²) >= 11 is 0. The zero-order valence-corrected chi connectivity index (χ0v) is 11.3. The Balaban J connectivity index is 0.00000162. The van der Waals surface area contributed by atoms with Gasteiger partial charge in [0.05, 0.1) is 0 Å². The lowest BCUT2D eigenvalue weighted by atomic mass is 9.86. The number of hydrogen-bond acceptors (Lipinski definition) is 1. The molecule has 2 rings (SSSR count). The Labute approximate surface area is 107 Å². The molecule has 2 aliphatic rings. The molecular formula is C16H25N. The van der Waals surface area contributed by atoms with Crippen LogP contribution in [0.15, 0.2) is 39.9 Å². The van der Waals surface area contributed by atoms with Gasteiger partial charge < -0.3 is 0 Å². The van der Waals surface area contributed by atoms with Crippen molar-refractivity contribution in [2.75, 3.05) is 7.05 Å². The van der Waals surface area contributed by atoms with Gasteiger partial charge >= 0.3 is 0 Å². The Morgan fingerprint density at radius 1 is 1.35 bits per heavy atom. The molecule has 0 saturated heterocycles. The maximum atomic E-state index is 4.42. The highest BCUT2D eigenvalue weighted by molar-refractivity contribution is 6.03. The maximum absolute atomic E-state index is 4.42. The van der Waals surface area contributed by atoms with Crippen LogP contribution >= 0.6 is 0 Å². The van der Waals surface area contributed by atoms with Crippen molar-refractivity contribution in [1.82, 2.24) is 0 Å². The first-order valence-electron chi connectivity index (χ1n) is 6.74. The normalized spacial score (nSPS) is 23.0. The minimum absolute atomic E-state index is 0. The average Bonchev–Trinajstić information content (AvgIpc) is 2.79. The van der Waals surface area contributed by atoms with Gasteiger partial charge in [-0.3, -0.25) is 4.99 Å². The zero-order valence-electron chi connectivity index (χ0n) is 11.3. The fourth-order valence-electron chi connectivity index (χ4n) is 3.12. The van der Waals surface area contributed by atoms with E-state index in [1.165, 1.54) is 42.5 Å². The van der Waals surface area contributed by atoms with E-state index in [2.05, 4.69) is 37.1 Å². The first kappa shape index (κ1) is 12.3. The molecule has 0 aromatic heterocycles. The second kappa shape index (κ2) is 5.48. The van der Waals surface area contributed by atoms with Gasteiger partial charge in [0.25, 0.3) is 0 Å². The van der Waals surface area contributed by atoms with Crippen molar-refractivity contribution in [3.8, 4) is 0 Å². The summed E-state index contributed by atoms with van der Waals surface area (Å²) in [6, 6.07) is 0. The minimum Gasteiger partial charge on any atom is -0.293 e. The van der Waals surface area contributed by atoms with Crippen LogP contribution in [-0.2, 0) is 0 Å². The average molecular weight is 231 g/mol. The van der Waals surface area contributed by atoms with E-state index in [-0.39, 0.29) is 1.43 Å². The third kappa shape index (κ3) is 2.59. The Hall–Kier alpha value is -1.11. The largest absolute Gasteiger partial charge is 0.293 e. The van der Waals surface area contributed by atoms with Crippen molar-refractivity contribution >= 4 is 5.71 Å². The highest BCUT2D eigenvalue weighted by Crippen LogP contribution is 2.37. The predicted molar refractivity (Wildman–Crippen MR) is 77.6 cm³/mol. The Bertz CT molecular complexity index is 407. The van der Waals surface area contributed by atoms with Crippen LogP contribution < -0.4 is 0 Å². The summed E-state index contributed by atoms with van der Waals surface area (Å²) in [4.78, 5) is 4.42. The third-order valence-corrected chi connectivity index (χ3v) is 4.08. The van der Waals surface area contributed by atoms with Crippen LogP contribution in [0.5, 0.6) is 0 Å². The van der Waals surface area contributed by atoms with Crippen molar-refractivity contribution in [2.24, 2.45) is 10.9 Å². The first-order chi connectivity index (χ1) is 8.24. The smallest absolute Gasteiger partial charge is 0.0388 e. The molecule has 94 valence electrons. The van der Waals surface area contributed by atoms with Gasteiger partial charge in [0.1, 0.15) is 0 Å². The van der Waals surface area contributed by atoms with Crippen LogP contribution in [0.25, 0.3) is 0 Å². The van der Waals surface area contributed by atoms with Gasteiger partial charge in [-0.2, -0.15) is 0 Å². The number of hydrogen-bond donors (Lipinski definition) is 0. The van der Waals surface area contributed by atoms with E-state index in [1.807, 2.05) is 7.05 Å². The molecule has 0 N–H and O–H groups in total. The first-order valence-corrected chi connectivity index (χ1v) is 6.74. The van der Waals surface area contributed by atoms with E-state index in [0.717, 1.165) is 12.3 Å². The fraction of sp³-hybridized carbons (Fsp3) is 0.562. The molecular weight excluding hydrogens is 206 g/mol. The molecule has 0 aromatic carbocycles. The van der Waals surface area contributed by atoms with Crippen molar-refractivity contribution in [3.05, 3.63) is 34.9 Å². The lowest BCUT2D eigenvalue weighted by Crippen LogP contribution is -2.09. The SMILES string of the molecule is CN=C(C)C1=C(C2CCCC2)CC=CC=C1C.[HH]. The number of nitrogens with zero attached hydrogens (tertiary/aromatic N) is 1. The van der Waals surface area contributed by atoms with Crippen LogP contribution in [0.2, 0.25) is 0 Å². The monoisotopic (exact) mass is 231 g/mol. The van der Waals surface area contributed by atoms with Crippen LogP contribution in [-0.4, -0.2) is 12.8 Å². The quantitative estimate of drug-likeness (QED) is 0.610. The van der Waals surface area contributed by atoms with Crippen molar-refractivity contribution in [1.29, 1.82) is 0 Å². The van der Waals surface area contributed by atoms with Crippen LogP contribution in [0.1, 0.15) is 47.4 Å². The summed E-state index contributed by atoms with van der Waals surface area (Å²) < 4.78 is 0. The molecule has 0 aliphatic heterocycles. The summed E-state index contributed by atoms with van der Waals surface area (Å²) in [7, 11) is 1.90. The molecule has 1 fully saturated rings. The lowest BCUT2D eigenvalue weighted by molar-refractivity contribution is 0.626. The third-order valence-electron chi connectivity index (χ3n) is 4.08. The summed E-state index contributed by atoms with van der Waals surface area (Å²) in [5, 5.41) is 0. The highest BCUT2D eigenvalue weighted by Gasteiger charge is 2.23. The van der Waals surface area contributed by atoms with Gasteiger partial charge in [-0.25, -0.2) is 0 Å². The lowest BCUT2D eigenvalue weighted by Gasteiger charge is -2.19. The zero-order chi connectivity index (χ0) is 12.3. The molecule has 0 amide bonds. The second-order valence-electron chi connectivity index (χ2n) is 5.17. The Morgan fingerprint density at radius 3 is 2.71 bits per heavy atom. The second-order valence-corrected chi connectivity index (χ2v) is 5.17. The molecule has 1 heteroatoms. The Morgan fingerprint density at radius 2 is 2.06 bits per heavy atom. The van der Waals surface area contributed by atoms with Gasteiger partial charge in [-0.1, -0.05) is 36.6 Å². The summed E-state index contributed by atoms with van der Waals surface area (Å²) in [5.74, 6) is 0.799. The van der Waals surface area contributed by atoms with Crippen molar-refractivity contribution in [3.63, 3.8) is 0 Å². The molecule has 0 atom stereocenters. The molecule has 0 bridgehead atoms. The number of rotatable bonds is 2. The summed E-state index contributed by atoms with van der Waals surface area (Å²) in [6.07, 6.45) is 13.4. The molecule has 1 saturated carbocycles. The topological polar surface area (TPSA) is 12.4 Å². The highest BCUT2D eigenvalue weighted by atomic mass is 14.7. The maximum Gasteiger partial charge on any atom is 0.0388 e. The van der Waals surface area contributed by atoms with E-state index in [0.29, 0.717) is 0 Å². The van der Waals surface area contributed by atoms with Crippen LogP contribution in [0.4, 0.5) is 0 Å². The van der Waals surface area contributed by atoms with Gasteiger partial charge in [0.2, 0.25) is 0 Å². The number of allylic oxidation sites excluding steroid dienone is 6. The van der Waals surface area contributed by atoms with E-state index in [4.69, 9.17) is 0 Å². The van der Waals surface area contributed by atoms with E-state index in [9.17, 15) is 0 Å². The molecule has 0 radical (unpaired) electrons. The number of aliphatic imine (C=N–C) groups is 1. The van der Waals surface area contributed by atoms with Gasteiger partial charge in [-0.15, -0.1) is 0 Å². The molecule has 0 unspecified atom stereocenters. The molecule has 17 heavy (non-hydrogen) atoms. The van der Waals surface area contributed by atoms with Crippen molar-refractivity contribution < 1.29 is 1.43 Å². The summed E-state index contributed by atoms with van der Waals surface area (Å²) in [5.41, 5.74) is 5.64. The van der Waals surface area contributed by atoms with Crippen LogP contribution in [0, 0.1) is 5.92 Å². The minimum atomic E-state index is 0. The molecule has 2 aliphatic carbocycles. The van der Waals surface area contributed by atoms with Crippen LogP contribution in [0.3, 0.4) is 0 Å². The Kier molecular flexibility index (Phi) is 3.98. The van der Waals surface area contributed by atoms with Gasteiger partial charge in [0.15, 0.2) is 0 Å². The molecule has 0 heterocycles. The molecule has 0 spiro atoms. The van der Waals surface area contributed by atoms with E-state index in [1.54, 1.807) is 5.57 Å². The fourth-order valence-corrected chi connectivity index (χ4v) is 3.12.